The molecule has 0 aliphatic carbocycles. The quantitative estimate of drug-likeness (QED) is 0.518. The van der Waals surface area contributed by atoms with Gasteiger partial charge in [-0.25, -0.2) is 0 Å². The van der Waals surface area contributed by atoms with Crippen LogP contribution in [0, 0.1) is 0 Å². The summed E-state index contributed by atoms with van der Waals surface area (Å²) in [5, 5.41) is 1.37. The first-order valence-electron chi connectivity index (χ1n) is 4.93. The minimum atomic E-state index is 0. The summed E-state index contributed by atoms with van der Waals surface area (Å²) in [4.78, 5) is 0. The van der Waals surface area contributed by atoms with Crippen LogP contribution in [0.3, 0.4) is 0 Å². The van der Waals surface area contributed by atoms with Crippen LogP contribution in [-0.2, 0) is 13.1 Å². The molecule has 0 spiro atoms. The van der Waals surface area contributed by atoms with Gasteiger partial charge in [-0.05, 0) is 18.6 Å². The van der Waals surface area contributed by atoms with E-state index in [9.17, 15) is 0 Å². The molecule has 1 aromatic heterocycles. The molecule has 74 valence electrons. The highest BCUT2D eigenvalue weighted by atomic mass is 79.9. The highest BCUT2D eigenvalue weighted by Crippen LogP contribution is 2.14. The van der Waals surface area contributed by atoms with Crippen LogP contribution in [0.2, 0.25) is 0 Å². The molecule has 2 heterocycles. The van der Waals surface area contributed by atoms with Crippen molar-refractivity contribution in [3.05, 3.63) is 30.5 Å². The van der Waals surface area contributed by atoms with E-state index in [4.69, 9.17) is 0 Å². The first-order valence-corrected chi connectivity index (χ1v) is 4.93. The van der Waals surface area contributed by atoms with Crippen molar-refractivity contribution < 1.29 is 21.7 Å². The van der Waals surface area contributed by atoms with Crippen LogP contribution in [0.1, 0.15) is 12.8 Å². The third kappa shape index (κ3) is 1.36. The zero-order valence-corrected chi connectivity index (χ0v) is 9.57. The van der Waals surface area contributed by atoms with Crippen molar-refractivity contribution in [2.45, 2.75) is 25.9 Å². The minimum absolute atomic E-state index is 0. The lowest BCUT2D eigenvalue weighted by Crippen LogP contribution is -3.00. The molecule has 0 saturated carbocycles. The molecule has 2 nitrogen and oxygen atoms in total. The van der Waals surface area contributed by atoms with E-state index in [1.165, 1.54) is 36.8 Å². The Morgan fingerprint density at radius 2 is 2.00 bits per heavy atom. The third-order valence-corrected chi connectivity index (χ3v) is 2.82. The lowest BCUT2D eigenvalue weighted by Gasteiger charge is -2.08. The largest absolute Gasteiger partial charge is 1.00 e. The predicted octanol–water partition coefficient (Wildman–Crippen LogP) is -1.27. The molecule has 0 N–H and O–H groups in total. The van der Waals surface area contributed by atoms with Gasteiger partial charge in [0, 0.05) is 6.42 Å². The van der Waals surface area contributed by atoms with Crippen LogP contribution in [0.15, 0.2) is 30.5 Å². The predicted molar refractivity (Wildman–Crippen MR) is 51.4 cm³/mol. The highest BCUT2D eigenvalue weighted by molar-refractivity contribution is 5.77. The Morgan fingerprint density at radius 1 is 1.14 bits per heavy atom. The molecular formula is C11H13BrN2. The van der Waals surface area contributed by atoms with Crippen LogP contribution in [0.4, 0.5) is 0 Å². The van der Waals surface area contributed by atoms with Crippen molar-refractivity contribution in [3.63, 3.8) is 0 Å². The number of benzene rings is 1. The van der Waals surface area contributed by atoms with Crippen LogP contribution < -0.4 is 21.7 Å². The van der Waals surface area contributed by atoms with Crippen LogP contribution >= 0.6 is 0 Å². The Morgan fingerprint density at radius 3 is 2.93 bits per heavy atom. The van der Waals surface area contributed by atoms with Gasteiger partial charge in [-0.15, -0.1) is 4.68 Å². The van der Waals surface area contributed by atoms with Gasteiger partial charge >= 0.3 is 0 Å². The van der Waals surface area contributed by atoms with E-state index in [0.29, 0.717) is 0 Å². The SMILES string of the molecule is [Br-].c1ccc2c(c1)c[n+]1n2CCCC1. The Labute approximate surface area is 93.9 Å². The molecule has 2 aromatic rings. The summed E-state index contributed by atoms with van der Waals surface area (Å²) < 4.78 is 4.73. The van der Waals surface area contributed by atoms with Gasteiger partial charge in [0.25, 0.3) is 0 Å². The summed E-state index contributed by atoms with van der Waals surface area (Å²) in [7, 11) is 0. The van der Waals surface area contributed by atoms with Gasteiger partial charge in [0.2, 0.25) is 6.20 Å². The van der Waals surface area contributed by atoms with Crippen LogP contribution in [-0.4, -0.2) is 4.68 Å². The Kier molecular flexibility index (Phi) is 2.59. The summed E-state index contributed by atoms with van der Waals surface area (Å²) in [6, 6.07) is 8.62. The van der Waals surface area contributed by atoms with Crippen molar-refractivity contribution in [3.8, 4) is 0 Å². The molecule has 0 amide bonds. The van der Waals surface area contributed by atoms with Gasteiger partial charge in [-0.1, -0.05) is 12.1 Å². The number of hydrogen-bond donors (Lipinski definition) is 0. The lowest BCUT2D eigenvalue weighted by molar-refractivity contribution is -0.779. The zero-order chi connectivity index (χ0) is 8.67. The Hall–Kier alpha value is -0.830. The molecule has 0 atom stereocenters. The first-order chi connectivity index (χ1) is 6.45. The molecule has 3 rings (SSSR count). The van der Waals surface area contributed by atoms with Gasteiger partial charge in [-0.3, -0.25) is 0 Å². The van der Waals surface area contributed by atoms with E-state index in [1.807, 2.05) is 0 Å². The maximum atomic E-state index is 2.39. The number of aryl methyl sites for hydroxylation is 2. The molecule has 0 bridgehead atoms. The highest BCUT2D eigenvalue weighted by Gasteiger charge is 2.18. The van der Waals surface area contributed by atoms with Crippen LogP contribution in [0.5, 0.6) is 0 Å². The molecule has 0 radical (unpaired) electrons. The first kappa shape index (κ1) is 9.71. The molecule has 1 aliphatic heterocycles. The monoisotopic (exact) mass is 252 g/mol. The van der Waals surface area contributed by atoms with E-state index in [0.717, 1.165) is 0 Å². The van der Waals surface area contributed by atoms with Crippen molar-refractivity contribution >= 4 is 10.9 Å². The number of hydrogen-bond acceptors (Lipinski definition) is 0. The van der Waals surface area contributed by atoms with Crippen LogP contribution in [0.25, 0.3) is 10.9 Å². The molecule has 1 aromatic carbocycles. The third-order valence-electron chi connectivity index (χ3n) is 2.82. The fourth-order valence-corrected chi connectivity index (χ4v) is 2.17. The summed E-state index contributed by atoms with van der Waals surface area (Å²) in [5.41, 5.74) is 1.38. The summed E-state index contributed by atoms with van der Waals surface area (Å²) in [6.45, 7) is 2.35. The second kappa shape index (κ2) is 3.73. The molecule has 0 saturated heterocycles. The average Bonchev–Trinajstić information content (AvgIpc) is 2.56. The van der Waals surface area contributed by atoms with Crippen molar-refractivity contribution in [2.75, 3.05) is 0 Å². The lowest BCUT2D eigenvalue weighted by atomic mass is 10.2. The van der Waals surface area contributed by atoms with Gasteiger partial charge in [0.1, 0.15) is 5.52 Å². The summed E-state index contributed by atoms with van der Waals surface area (Å²) in [6.07, 6.45) is 4.90. The second-order valence-corrected chi connectivity index (χ2v) is 3.68. The van der Waals surface area contributed by atoms with E-state index in [2.05, 4.69) is 39.8 Å². The number of rotatable bonds is 0. The van der Waals surface area contributed by atoms with Gasteiger partial charge in [-0.2, -0.15) is 4.68 Å². The maximum absolute atomic E-state index is 2.39. The Balaban J connectivity index is 0.000000750. The fourth-order valence-electron chi connectivity index (χ4n) is 2.17. The van der Waals surface area contributed by atoms with Gasteiger partial charge in [0.15, 0.2) is 6.54 Å². The standard InChI is InChI=1S/C11H13N2.BrH/c1-2-6-11-10(5-1)9-12-7-3-4-8-13(11)12;/h1-2,5-6,9H,3-4,7-8H2;1H/q+1;/p-1. The van der Waals surface area contributed by atoms with E-state index < -0.39 is 0 Å². The molecular weight excluding hydrogens is 240 g/mol. The van der Waals surface area contributed by atoms with E-state index in [-0.39, 0.29) is 17.0 Å². The number of aromatic nitrogens is 2. The Bertz CT molecular complexity index is 447. The minimum Gasteiger partial charge on any atom is -1.00 e. The fraction of sp³-hybridized carbons (Fsp3) is 0.364. The topological polar surface area (TPSA) is 8.81 Å². The van der Waals surface area contributed by atoms with Crippen molar-refractivity contribution in [2.24, 2.45) is 0 Å². The van der Waals surface area contributed by atoms with Crippen molar-refractivity contribution in [1.29, 1.82) is 0 Å². The van der Waals surface area contributed by atoms with E-state index in [1.54, 1.807) is 0 Å². The number of fused-ring (bicyclic) bond motifs is 3. The van der Waals surface area contributed by atoms with Gasteiger partial charge in [0.05, 0.1) is 11.9 Å². The molecule has 14 heavy (non-hydrogen) atoms. The maximum Gasteiger partial charge on any atom is 0.203 e. The van der Waals surface area contributed by atoms with Gasteiger partial charge < -0.3 is 17.0 Å². The summed E-state index contributed by atoms with van der Waals surface area (Å²) >= 11 is 0. The average molecular weight is 253 g/mol. The van der Waals surface area contributed by atoms with E-state index >= 15 is 0 Å². The van der Waals surface area contributed by atoms with Crippen molar-refractivity contribution in [1.82, 2.24) is 4.68 Å². The number of halogens is 1. The number of nitrogens with zero attached hydrogens (tertiary/aromatic N) is 2. The molecule has 0 unspecified atom stereocenters. The molecule has 0 fully saturated rings. The summed E-state index contributed by atoms with van der Waals surface area (Å²) in [5.74, 6) is 0. The number of para-hydroxylation sites is 1. The molecule has 1 aliphatic rings. The zero-order valence-electron chi connectivity index (χ0n) is 7.99. The molecule has 3 heteroatoms. The second-order valence-electron chi connectivity index (χ2n) is 3.68. The smallest absolute Gasteiger partial charge is 0.203 e. The normalized spacial score (nSPS) is 14.9.